The SMILES string of the molecule is CN1CCN(c2ccc3nc(-c4ccc(F)cc4)n(-c4ccnc(NC(=O)c5ccc(F)cc5)c4)c3n2)CC1. The maximum absolute atomic E-state index is 13.7. The molecule has 39 heavy (non-hydrogen) atoms. The van der Waals surface area contributed by atoms with Gasteiger partial charge in [-0.2, -0.15) is 0 Å². The first-order valence-electron chi connectivity index (χ1n) is 12.6. The van der Waals surface area contributed by atoms with Crippen molar-refractivity contribution in [3.05, 3.63) is 96.2 Å². The monoisotopic (exact) mass is 525 g/mol. The van der Waals surface area contributed by atoms with E-state index in [1.165, 1.54) is 36.4 Å². The minimum absolute atomic E-state index is 0.308. The van der Waals surface area contributed by atoms with Crippen LogP contribution in [0.4, 0.5) is 20.4 Å². The number of likely N-dealkylation sites (N-methyl/N-ethyl adjacent to an activating group) is 1. The first-order chi connectivity index (χ1) is 18.9. The molecule has 1 aliphatic rings. The second kappa shape index (κ2) is 10.2. The van der Waals surface area contributed by atoms with Crippen molar-refractivity contribution in [2.75, 3.05) is 43.4 Å². The van der Waals surface area contributed by atoms with Crippen molar-refractivity contribution in [1.82, 2.24) is 24.4 Å². The van der Waals surface area contributed by atoms with Crippen molar-refractivity contribution in [3.8, 4) is 17.1 Å². The van der Waals surface area contributed by atoms with E-state index in [9.17, 15) is 13.6 Å². The molecule has 0 aliphatic carbocycles. The van der Waals surface area contributed by atoms with Crippen LogP contribution in [0, 0.1) is 11.6 Å². The lowest BCUT2D eigenvalue weighted by molar-refractivity contribution is 0.102. The van der Waals surface area contributed by atoms with Gasteiger partial charge in [0.1, 0.15) is 34.6 Å². The first-order valence-corrected chi connectivity index (χ1v) is 12.6. The molecule has 0 spiro atoms. The van der Waals surface area contributed by atoms with E-state index < -0.39 is 11.7 Å². The molecule has 0 atom stereocenters. The summed E-state index contributed by atoms with van der Waals surface area (Å²) in [5, 5.41) is 2.77. The quantitative estimate of drug-likeness (QED) is 0.356. The van der Waals surface area contributed by atoms with E-state index in [2.05, 4.69) is 27.1 Å². The molecule has 1 fully saturated rings. The van der Waals surface area contributed by atoms with Gasteiger partial charge in [0.05, 0.1) is 5.69 Å². The molecule has 1 aliphatic heterocycles. The summed E-state index contributed by atoms with van der Waals surface area (Å²) in [4.78, 5) is 31.4. The predicted octanol–water partition coefficient (Wildman–Crippen LogP) is 4.76. The number of benzene rings is 2. The molecule has 1 amide bonds. The molecule has 5 aromatic rings. The fraction of sp³-hybridized carbons (Fsp3) is 0.172. The average Bonchev–Trinajstić information content (AvgIpc) is 3.33. The van der Waals surface area contributed by atoms with Crippen LogP contribution in [0.3, 0.4) is 0 Å². The number of amides is 1. The number of halogens is 2. The van der Waals surface area contributed by atoms with Crippen LogP contribution in [0.15, 0.2) is 79.0 Å². The Labute approximate surface area is 223 Å². The summed E-state index contributed by atoms with van der Waals surface area (Å²) in [6.45, 7) is 3.62. The molecule has 196 valence electrons. The van der Waals surface area contributed by atoms with Crippen LogP contribution in [0.5, 0.6) is 0 Å². The zero-order valence-corrected chi connectivity index (χ0v) is 21.2. The van der Waals surface area contributed by atoms with Gasteiger partial charge in [0.15, 0.2) is 5.65 Å². The molecule has 4 heterocycles. The molecule has 0 radical (unpaired) electrons. The van der Waals surface area contributed by atoms with Gasteiger partial charge in [-0.1, -0.05) is 0 Å². The maximum Gasteiger partial charge on any atom is 0.256 e. The third-order valence-electron chi connectivity index (χ3n) is 6.77. The Balaban J connectivity index is 1.43. The third-order valence-corrected chi connectivity index (χ3v) is 6.77. The number of pyridine rings is 2. The number of imidazole rings is 1. The van der Waals surface area contributed by atoms with Gasteiger partial charge in [0.25, 0.3) is 5.91 Å². The molecule has 6 rings (SSSR count). The number of hydrogen-bond acceptors (Lipinski definition) is 6. The zero-order chi connectivity index (χ0) is 26.9. The molecule has 10 heteroatoms. The highest BCUT2D eigenvalue weighted by Gasteiger charge is 2.20. The number of carbonyl (C=O) groups is 1. The van der Waals surface area contributed by atoms with Crippen molar-refractivity contribution in [1.29, 1.82) is 0 Å². The molecule has 0 saturated carbocycles. The highest BCUT2D eigenvalue weighted by atomic mass is 19.1. The molecule has 3 aromatic heterocycles. The normalized spacial score (nSPS) is 14.1. The summed E-state index contributed by atoms with van der Waals surface area (Å²) >= 11 is 0. The fourth-order valence-corrected chi connectivity index (χ4v) is 4.61. The van der Waals surface area contributed by atoms with E-state index in [1.807, 2.05) is 16.7 Å². The van der Waals surface area contributed by atoms with Gasteiger partial charge in [-0.25, -0.2) is 23.7 Å². The molecular formula is C29H25F2N7O. The minimum Gasteiger partial charge on any atom is -0.354 e. The number of anilines is 2. The number of hydrogen-bond donors (Lipinski definition) is 1. The van der Waals surface area contributed by atoms with Gasteiger partial charge in [0, 0.05) is 49.6 Å². The smallest absolute Gasteiger partial charge is 0.256 e. The number of aromatic nitrogens is 4. The van der Waals surface area contributed by atoms with Crippen LogP contribution in [0.25, 0.3) is 28.2 Å². The van der Waals surface area contributed by atoms with Crippen LogP contribution < -0.4 is 10.2 Å². The Kier molecular flexibility index (Phi) is 6.45. The Bertz CT molecular complexity index is 1640. The van der Waals surface area contributed by atoms with Crippen LogP contribution in [0.1, 0.15) is 10.4 Å². The van der Waals surface area contributed by atoms with Crippen LogP contribution in [-0.2, 0) is 0 Å². The van der Waals surface area contributed by atoms with Gasteiger partial charge in [-0.05, 0) is 73.8 Å². The molecule has 0 unspecified atom stereocenters. The summed E-state index contributed by atoms with van der Waals surface area (Å²) in [5.41, 5.74) is 3.00. The van der Waals surface area contributed by atoms with Crippen molar-refractivity contribution < 1.29 is 13.6 Å². The topological polar surface area (TPSA) is 79.2 Å². The standard InChI is InChI=1S/C29H25F2N7O/c1-36-14-16-37(17-15-36)26-11-10-24-28(35-26)38(27(33-24)19-2-6-21(30)7-3-19)23-12-13-32-25(18-23)34-29(39)20-4-8-22(31)9-5-20/h2-13,18H,14-17H2,1H3,(H,32,34,39). The zero-order valence-electron chi connectivity index (χ0n) is 21.2. The van der Waals surface area contributed by atoms with Gasteiger partial charge in [-0.15, -0.1) is 0 Å². The lowest BCUT2D eigenvalue weighted by Crippen LogP contribution is -2.44. The Morgan fingerprint density at radius 1 is 0.846 bits per heavy atom. The van der Waals surface area contributed by atoms with E-state index in [0.717, 1.165) is 32.0 Å². The lowest BCUT2D eigenvalue weighted by Gasteiger charge is -2.33. The van der Waals surface area contributed by atoms with Gasteiger partial charge >= 0.3 is 0 Å². The molecule has 2 aromatic carbocycles. The van der Waals surface area contributed by atoms with Crippen molar-refractivity contribution in [3.63, 3.8) is 0 Å². The summed E-state index contributed by atoms with van der Waals surface area (Å²) in [6.07, 6.45) is 1.58. The fourth-order valence-electron chi connectivity index (χ4n) is 4.61. The highest BCUT2D eigenvalue weighted by Crippen LogP contribution is 2.30. The number of rotatable bonds is 5. The average molecular weight is 526 g/mol. The second-order valence-electron chi connectivity index (χ2n) is 9.44. The number of piperazine rings is 1. The molecular weight excluding hydrogens is 500 g/mol. The number of fused-ring (bicyclic) bond motifs is 1. The Morgan fingerprint density at radius 3 is 2.26 bits per heavy atom. The molecule has 8 nitrogen and oxygen atoms in total. The number of nitrogens with one attached hydrogen (secondary N) is 1. The van der Waals surface area contributed by atoms with Crippen LogP contribution >= 0.6 is 0 Å². The van der Waals surface area contributed by atoms with E-state index in [1.54, 1.807) is 30.5 Å². The summed E-state index contributed by atoms with van der Waals surface area (Å²) in [5.74, 6) is 0.562. The van der Waals surface area contributed by atoms with Gasteiger partial charge in [-0.3, -0.25) is 9.36 Å². The summed E-state index contributed by atoms with van der Waals surface area (Å²) < 4.78 is 28.9. The van der Waals surface area contributed by atoms with Crippen molar-refractivity contribution in [2.45, 2.75) is 0 Å². The van der Waals surface area contributed by atoms with E-state index in [4.69, 9.17) is 9.97 Å². The molecule has 1 saturated heterocycles. The second-order valence-corrected chi connectivity index (χ2v) is 9.44. The minimum atomic E-state index is -0.421. The van der Waals surface area contributed by atoms with Gasteiger partial charge < -0.3 is 15.1 Å². The maximum atomic E-state index is 13.7. The Morgan fingerprint density at radius 2 is 1.54 bits per heavy atom. The van der Waals surface area contributed by atoms with Crippen molar-refractivity contribution >= 4 is 28.7 Å². The van der Waals surface area contributed by atoms with E-state index in [-0.39, 0.29) is 5.82 Å². The third kappa shape index (κ3) is 5.06. The van der Waals surface area contributed by atoms with Crippen LogP contribution in [-0.4, -0.2) is 63.6 Å². The number of nitrogens with zero attached hydrogens (tertiary/aromatic N) is 6. The van der Waals surface area contributed by atoms with Crippen molar-refractivity contribution in [2.24, 2.45) is 0 Å². The molecule has 1 N–H and O–H groups in total. The lowest BCUT2D eigenvalue weighted by atomic mass is 10.2. The summed E-state index contributed by atoms with van der Waals surface area (Å²) in [7, 11) is 2.11. The van der Waals surface area contributed by atoms with Gasteiger partial charge in [0.2, 0.25) is 0 Å². The predicted molar refractivity (Wildman–Crippen MR) is 146 cm³/mol. The largest absolute Gasteiger partial charge is 0.354 e. The van der Waals surface area contributed by atoms with E-state index in [0.29, 0.717) is 39.6 Å². The highest BCUT2D eigenvalue weighted by molar-refractivity contribution is 6.03. The van der Waals surface area contributed by atoms with E-state index >= 15 is 0 Å². The summed E-state index contributed by atoms with van der Waals surface area (Å²) in [6, 6.07) is 18.8. The Hall–Kier alpha value is -4.70. The number of carbonyl (C=O) groups excluding carboxylic acids is 1. The van der Waals surface area contributed by atoms with Crippen LogP contribution in [0.2, 0.25) is 0 Å². The molecule has 0 bridgehead atoms. The first kappa shape index (κ1) is 24.6.